The fourth-order valence-corrected chi connectivity index (χ4v) is 4.20. The van der Waals surface area contributed by atoms with Crippen molar-refractivity contribution in [2.45, 2.75) is 65.0 Å². The number of aromatic nitrogens is 1. The number of anilines is 1. The molecule has 1 aromatic heterocycles. The van der Waals surface area contributed by atoms with E-state index >= 15 is 0 Å². The molecule has 1 aromatic carbocycles. The molecule has 4 rings (SSSR count). The molecule has 2 aliphatic rings. The largest absolute Gasteiger partial charge is 0.487 e. The third-order valence-corrected chi connectivity index (χ3v) is 5.34. The number of hydrogen-bond donors (Lipinski definition) is 1. The zero-order valence-electron chi connectivity index (χ0n) is 17.4. The monoisotopic (exact) mass is 381 g/mol. The molecule has 1 fully saturated rings. The van der Waals surface area contributed by atoms with Crippen molar-refractivity contribution in [1.29, 1.82) is 0 Å². The first-order valence-electron chi connectivity index (χ1n) is 10.2. The van der Waals surface area contributed by atoms with Crippen LogP contribution in [0.5, 0.6) is 5.75 Å². The highest BCUT2D eigenvalue weighted by Crippen LogP contribution is 2.35. The lowest BCUT2D eigenvalue weighted by atomic mass is 10.0. The van der Waals surface area contributed by atoms with Crippen LogP contribution in [-0.4, -0.2) is 35.9 Å². The smallest absolute Gasteiger partial charge is 0.128 e. The molecule has 2 atom stereocenters. The molecule has 150 valence electrons. The Hall–Kier alpha value is -2.11. The minimum Gasteiger partial charge on any atom is -0.487 e. The number of morpholine rings is 1. The summed E-state index contributed by atoms with van der Waals surface area (Å²) in [5.74, 6) is 2.06. The van der Waals surface area contributed by atoms with Gasteiger partial charge in [0.2, 0.25) is 0 Å². The highest BCUT2D eigenvalue weighted by molar-refractivity contribution is 5.42. The van der Waals surface area contributed by atoms with Crippen LogP contribution < -0.4 is 15.0 Å². The van der Waals surface area contributed by atoms with Gasteiger partial charge in [-0.1, -0.05) is 18.2 Å². The van der Waals surface area contributed by atoms with E-state index < -0.39 is 0 Å². The quantitative estimate of drug-likeness (QED) is 0.856. The van der Waals surface area contributed by atoms with Gasteiger partial charge in [-0.25, -0.2) is 4.98 Å². The van der Waals surface area contributed by atoms with E-state index in [9.17, 15) is 0 Å². The van der Waals surface area contributed by atoms with Crippen molar-refractivity contribution < 1.29 is 9.47 Å². The van der Waals surface area contributed by atoms with Gasteiger partial charge in [0.15, 0.2) is 0 Å². The number of pyridine rings is 1. The van der Waals surface area contributed by atoms with Gasteiger partial charge in [0.25, 0.3) is 0 Å². The van der Waals surface area contributed by atoms with Gasteiger partial charge in [0, 0.05) is 38.8 Å². The Morgan fingerprint density at radius 1 is 1.07 bits per heavy atom. The molecule has 5 heteroatoms. The molecule has 0 aliphatic carbocycles. The van der Waals surface area contributed by atoms with Gasteiger partial charge in [-0.05, 0) is 56.5 Å². The maximum Gasteiger partial charge on any atom is 0.128 e. The lowest BCUT2D eigenvalue weighted by Gasteiger charge is -2.36. The average molecular weight is 382 g/mol. The van der Waals surface area contributed by atoms with Crippen LogP contribution in [0.15, 0.2) is 36.5 Å². The van der Waals surface area contributed by atoms with Crippen LogP contribution in [0.3, 0.4) is 0 Å². The maximum absolute atomic E-state index is 5.96. The Morgan fingerprint density at radius 3 is 2.50 bits per heavy atom. The second kappa shape index (κ2) is 7.72. The van der Waals surface area contributed by atoms with Crippen molar-refractivity contribution in [1.82, 2.24) is 10.3 Å². The normalized spacial score (nSPS) is 23.4. The summed E-state index contributed by atoms with van der Waals surface area (Å²) in [4.78, 5) is 6.98. The molecule has 3 heterocycles. The van der Waals surface area contributed by atoms with Crippen molar-refractivity contribution in [3.63, 3.8) is 0 Å². The van der Waals surface area contributed by atoms with Crippen molar-refractivity contribution in [3.8, 4) is 5.75 Å². The molecule has 0 amide bonds. The van der Waals surface area contributed by atoms with Crippen molar-refractivity contribution in [3.05, 3.63) is 53.2 Å². The Balaban J connectivity index is 1.30. The Kier molecular flexibility index (Phi) is 5.30. The lowest BCUT2D eigenvalue weighted by Crippen LogP contribution is -2.45. The van der Waals surface area contributed by atoms with Crippen LogP contribution in [-0.2, 0) is 24.2 Å². The van der Waals surface area contributed by atoms with E-state index in [4.69, 9.17) is 9.47 Å². The predicted molar refractivity (Wildman–Crippen MR) is 112 cm³/mol. The Labute approximate surface area is 168 Å². The summed E-state index contributed by atoms with van der Waals surface area (Å²) in [6, 6.07) is 10.8. The van der Waals surface area contributed by atoms with E-state index in [0.29, 0.717) is 0 Å². The number of nitrogens with zero attached hydrogens (tertiary/aromatic N) is 2. The van der Waals surface area contributed by atoms with Crippen LogP contribution in [0.2, 0.25) is 0 Å². The summed E-state index contributed by atoms with van der Waals surface area (Å²) >= 11 is 0. The fraction of sp³-hybridized carbons (Fsp3) is 0.522. The van der Waals surface area contributed by atoms with Crippen LogP contribution >= 0.6 is 0 Å². The summed E-state index contributed by atoms with van der Waals surface area (Å²) in [7, 11) is 0. The summed E-state index contributed by atoms with van der Waals surface area (Å²) in [5, 5.41) is 3.53. The van der Waals surface area contributed by atoms with Crippen LogP contribution in [0.1, 0.15) is 44.4 Å². The maximum atomic E-state index is 5.96. The Bertz CT molecular complexity index is 809. The number of nitrogens with one attached hydrogen (secondary N) is 1. The first-order chi connectivity index (χ1) is 13.4. The molecule has 28 heavy (non-hydrogen) atoms. The number of hydrogen-bond acceptors (Lipinski definition) is 5. The van der Waals surface area contributed by atoms with E-state index in [-0.39, 0.29) is 17.8 Å². The molecule has 0 radical (unpaired) electrons. The summed E-state index contributed by atoms with van der Waals surface area (Å²) in [6.45, 7) is 12.0. The highest BCUT2D eigenvalue weighted by atomic mass is 16.5. The minimum absolute atomic E-state index is 0.0854. The molecular weight excluding hydrogens is 350 g/mol. The summed E-state index contributed by atoms with van der Waals surface area (Å²) in [5.41, 5.74) is 3.71. The second-order valence-corrected chi connectivity index (χ2v) is 8.77. The SMILES string of the molecule is CC1CN(c2ccc(CNCc3ccc4c(c3)CC(C)(C)O4)cn2)CC(C)O1. The minimum atomic E-state index is -0.0854. The first-order valence-corrected chi connectivity index (χ1v) is 10.2. The molecular formula is C23H31N3O2. The number of ether oxygens (including phenoxy) is 2. The number of benzene rings is 1. The number of fused-ring (bicyclic) bond motifs is 1. The van der Waals surface area contributed by atoms with Crippen LogP contribution in [0.4, 0.5) is 5.82 Å². The zero-order chi connectivity index (χ0) is 19.7. The van der Waals surface area contributed by atoms with Gasteiger partial charge in [0.1, 0.15) is 17.2 Å². The van der Waals surface area contributed by atoms with Gasteiger partial charge in [-0.2, -0.15) is 0 Å². The van der Waals surface area contributed by atoms with Crippen LogP contribution in [0.25, 0.3) is 0 Å². The molecule has 1 N–H and O–H groups in total. The zero-order valence-corrected chi connectivity index (χ0v) is 17.4. The van der Waals surface area contributed by atoms with Gasteiger partial charge < -0.3 is 19.7 Å². The van der Waals surface area contributed by atoms with Crippen molar-refractivity contribution >= 4 is 5.82 Å². The van der Waals surface area contributed by atoms with E-state index in [2.05, 4.69) is 73.2 Å². The van der Waals surface area contributed by atoms with Gasteiger partial charge in [0.05, 0.1) is 12.2 Å². The van der Waals surface area contributed by atoms with E-state index in [1.54, 1.807) is 0 Å². The molecule has 0 spiro atoms. The van der Waals surface area contributed by atoms with E-state index in [1.165, 1.54) is 16.7 Å². The van der Waals surface area contributed by atoms with Crippen molar-refractivity contribution in [2.75, 3.05) is 18.0 Å². The van der Waals surface area contributed by atoms with Gasteiger partial charge >= 0.3 is 0 Å². The summed E-state index contributed by atoms with van der Waals surface area (Å²) in [6.07, 6.45) is 3.44. The van der Waals surface area contributed by atoms with E-state index in [0.717, 1.165) is 44.2 Å². The second-order valence-electron chi connectivity index (χ2n) is 8.77. The van der Waals surface area contributed by atoms with E-state index in [1.807, 2.05) is 6.20 Å². The lowest BCUT2D eigenvalue weighted by molar-refractivity contribution is -0.00546. The molecule has 2 aromatic rings. The topological polar surface area (TPSA) is 46.6 Å². The third kappa shape index (κ3) is 4.47. The van der Waals surface area contributed by atoms with Crippen LogP contribution in [0, 0.1) is 0 Å². The average Bonchev–Trinajstić information content (AvgIpc) is 2.94. The molecule has 1 saturated heterocycles. The Morgan fingerprint density at radius 2 is 1.79 bits per heavy atom. The third-order valence-electron chi connectivity index (χ3n) is 5.34. The number of rotatable bonds is 5. The molecule has 2 unspecified atom stereocenters. The van der Waals surface area contributed by atoms with Crippen molar-refractivity contribution in [2.24, 2.45) is 0 Å². The molecule has 5 nitrogen and oxygen atoms in total. The fourth-order valence-electron chi connectivity index (χ4n) is 4.20. The van der Waals surface area contributed by atoms with Gasteiger partial charge in [-0.15, -0.1) is 0 Å². The highest BCUT2D eigenvalue weighted by Gasteiger charge is 2.29. The summed E-state index contributed by atoms with van der Waals surface area (Å²) < 4.78 is 11.8. The molecule has 2 aliphatic heterocycles. The molecule has 0 saturated carbocycles. The first kappa shape index (κ1) is 19.2. The van der Waals surface area contributed by atoms with Gasteiger partial charge in [-0.3, -0.25) is 0 Å². The molecule has 0 bridgehead atoms. The standard InChI is InChI=1S/C23H31N3O2/c1-16-14-26(15-17(2)27-16)22-8-6-19(13-25-22)12-24-11-18-5-7-21-20(9-18)10-23(3,4)28-21/h5-9,13,16-17,24H,10-12,14-15H2,1-4H3. The predicted octanol–water partition coefficient (Wildman–Crippen LogP) is 3.70.